The van der Waals surface area contributed by atoms with Crippen molar-refractivity contribution in [3.05, 3.63) is 83.9 Å². The van der Waals surface area contributed by atoms with Crippen molar-refractivity contribution in [1.29, 1.82) is 0 Å². The van der Waals surface area contributed by atoms with Crippen molar-refractivity contribution in [1.82, 2.24) is 9.88 Å². The largest absolute Gasteiger partial charge is 0.454 e. The minimum atomic E-state index is -0.404. The molecule has 0 radical (unpaired) electrons. The van der Waals surface area contributed by atoms with Gasteiger partial charge in [0.1, 0.15) is 5.82 Å². The molecular weight excluding hydrogens is 373 g/mol. The third-order valence-electron chi connectivity index (χ3n) is 4.54. The second-order valence-electron chi connectivity index (χ2n) is 6.62. The molecule has 3 aromatic rings. The summed E-state index contributed by atoms with van der Waals surface area (Å²) in [5.74, 6) is 0.953. The van der Waals surface area contributed by atoms with E-state index >= 15 is 0 Å². The molecule has 7 heteroatoms. The number of carbonyl (C=O) groups is 1. The van der Waals surface area contributed by atoms with Crippen LogP contribution >= 0.6 is 0 Å². The molecule has 1 aliphatic rings. The van der Waals surface area contributed by atoms with Gasteiger partial charge in [-0.25, -0.2) is 9.18 Å². The lowest BCUT2D eigenvalue weighted by Crippen LogP contribution is -2.36. The highest BCUT2D eigenvalue weighted by Crippen LogP contribution is 2.32. The molecule has 29 heavy (non-hydrogen) atoms. The average molecular weight is 393 g/mol. The third kappa shape index (κ3) is 4.82. The number of rotatable bonds is 6. The molecule has 2 heterocycles. The molecule has 1 aliphatic heterocycles. The van der Waals surface area contributed by atoms with Crippen LogP contribution in [0.1, 0.15) is 11.3 Å². The number of anilines is 1. The van der Waals surface area contributed by atoms with Crippen molar-refractivity contribution >= 4 is 11.7 Å². The molecule has 0 unspecified atom stereocenters. The zero-order valence-electron chi connectivity index (χ0n) is 15.7. The van der Waals surface area contributed by atoms with Crippen molar-refractivity contribution in [2.75, 3.05) is 18.7 Å². The molecule has 4 rings (SSSR count). The van der Waals surface area contributed by atoms with Gasteiger partial charge in [0, 0.05) is 37.1 Å². The summed E-state index contributed by atoms with van der Waals surface area (Å²) in [4.78, 5) is 18.9. The van der Waals surface area contributed by atoms with Crippen LogP contribution < -0.4 is 14.8 Å². The van der Waals surface area contributed by atoms with E-state index in [2.05, 4.69) is 10.3 Å². The van der Waals surface area contributed by atoms with Gasteiger partial charge in [0.25, 0.3) is 0 Å². The number of aromatic nitrogens is 1. The van der Waals surface area contributed by atoms with E-state index in [1.807, 2.05) is 36.4 Å². The number of pyridine rings is 1. The monoisotopic (exact) mass is 393 g/mol. The van der Waals surface area contributed by atoms with Gasteiger partial charge >= 0.3 is 6.03 Å². The van der Waals surface area contributed by atoms with Crippen LogP contribution in [0.15, 0.2) is 66.9 Å². The summed E-state index contributed by atoms with van der Waals surface area (Å²) in [6.45, 7) is 1.01. The number of fused-ring (bicyclic) bond motifs is 1. The maximum Gasteiger partial charge on any atom is 0.322 e. The minimum absolute atomic E-state index is 0.197. The van der Waals surface area contributed by atoms with Gasteiger partial charge in [-0.3, -0.25) is 4.98 Å². The fraction of sp³-hybridized carbons (Fsp3) is 0.182. The van der Waals surface area contributed by atoms with Gasteiger partial charge in [-0.15, -0.1) is 0 Å². The first-order chi connectivity index (χ1) is 14.2. The van der Waals surface area contributed by atoms with Crippen LogP contribution in [0.2, 0.25) is 0 Å². The number of carbonyl (C=O) groups excluding carboxylic acids is 1. The van der Waals surface area contributed by atoms with E-state index in [9.17, 15) is 9.18 Å². The quantitative estimate of drug-likeness (QED) is 0.681. The summed E-state index contributed by atoms with van der Waals surface area (Å²) < 4.78 is 24.2. The first kappa shape index (κ1) is 18.7. The predicted octanol–water partition coefficient (Wildman–Crippen LogP) is 4.23. The van der Waals surface area contributed by atoms with Crippen molar-refractivity contribution in [2.24, 2.45) is 0 Å². The first-order valence-corrected chi connectivity index (χ1v) is 9.27. The van der Waals surface area contributed by atoms with Crippen LogP contribution in [-0.4, -0.2) is 29.3 Å². The number of urea groups is 1. The molecule has 0 aliphatic carbocycles. The second-order valence-corrected chi connectivity index (χ2v) is 6.62. The number of ether oxygens (including phenoxy) is 2. The van der Waals surface area contributed by atoms with E-state index in [4.69, 9.17) is 9.47 Å². The van der Waals surface area contributed by atoms with E-state index in [0.717, 1.165) is 11.3 Å². The van der Waals surface area contributed by atoms with Crippen LogP contribution in [0.5, 0.6) is 11.5 Å². The maximum atomic E-state index is 13.5. The summed E-state index contributed by atoms with van der Waals surface area (Å²) in [6.07, 6.45) is 2.33. The van der Waals surface area contributed by atoms with E-state index in [1.54, 1.807) is 23.2 Å². The predicted molar refractivity (Wildman–Crippen MR) is 106 cm³/mol. The van der Waals surface area contributed by atoms with Crippen LogP contribution in [0.3, 0.4) is 0 Å². The Morgan fingerprint density at radius 2 is 1.97 bits per heavy atom. The van der Waals surface area contributed by atoms with Crippen LogP contribution in [0, 0.1) is 5.82 Å². The average Bonchev–Trinajstić information content (AvgIpc) is 3.19. The van der Waals surface area contributed by atoms with Crippen molar-refractivity contribution in [3.63, 3.8) is 0 Å². The number of nitrogens with one attached hydrogen (secondary N) is 1. The molecule has 0 atom stereocenters. The summed E-state index contributed by atoms with van der Waals surface area (Å²) >= 11 is 0. The highest BCUT2D eigenvalue weighted by atomic mass is 19.1. The minimum Gasteiger partial charge on any atom is -0.454 e. The van der Waals surface area contributed by atoms with Gasteiger partial charge in [-0.2, -0.15) is 0 Å². The molecular formula is C22H20FN3O3. The SMILES string of the molecule is O=C(Nc1cccc(F)c1)N(CCc1ccccn1)Cc1ccc2c(c1)OCO2. The molecule has 1 aromatic heterocycles. The Bertz CT molecular complexity index is 998. The first-order valence-electron chi connectivity index (χ1n) is 9.27. The number of benzene rings is 2. The fourth-order valence-corrected chi connectivity index (χ4v) is 3.08. The van der Waals surface area contributed by atoms with Crippen molar-refractivity contribution in [3.8, 4) is 11.5 Å². The molecule has 2 amide bonds. The third-order valence-corrected chi connectivity index (χ3v) is 4.54. The number of halogens is 1. The molecule has 148 valence electrons. The van der Waals surface area contributed by atoms with Crippen LogP contribution in [-0.2, 0) is 13.0 Å². The Hall–Kier alpha value is -3.61. The lowest BCUT2D eigenvalue weighted by atomic mass is 10.1. The molecule has 0 spiro atoms. The Labute approximate surface area is 167 Å². The number of hydrogen-bond acceptors (Lipinski definition) is 4. The molecule has 0 bridgehead atoms. The van der Waals surface area contributed by atoms with Gasteiger partial charge in [-0.05, 0) is 48.0 Å². The van der Waals surface area contributed by atoms with E-state index in [0.29, 0.717) is 36.7 Å². The molecule has 0 saturated heterocycles. The number of hydrogen-bond donors (Lipinski definition) is 1. The maximum absolute atomic E-state index is 13.5. The van der Waals surface area contributed by atoms with E-state index < -0.39 is 5.82 Å². The molecule has 0 fully saturated rings. The Morgan fingerprint density at radius 1 is 1.07 bits per heavy atom. The second kappa shape index (κ2) is 8.60. The number of nitrogens with zero attached hydrogens (tertiary/aromatic N) is 2. The van der Waals surface area contributed by atoms with Gasteiger partial charge in [0.2, 0.25) is 6.79 Å². The van der Waals surface area contributed by atoms with Gasteiger partial charge in [0.05, 0.1) is 0 Å². The van der Waals surface area contributed by atoms with Gasteiger partial charge in [0.15, 0.2) is 11.5 Å². The molecule has 1 N–H and O–H groups in total. The normalized spacial score (nSPS) is 11.9. The highest BCUT2D eigenvalue weighted by Gasteiger charge is 2.18. The molecule has 6 nitrogen and oxygen atoms in total. The van der Waals surface area contributed by atoms with Crippen LogP contribution in [0.25, 0.3) is 0 Å². The van der Waals surface area contributed by atoms with Crippen molar-refractivity contribution < 1.29 is 18.7 Å². The Kier molecular flexibility index (Phi) is 5.56. The molecule has 2 aromatic carbocycles. The van der Waals surface area contributed by atoms with Crippen molar-refractivity contribution in [2.45, 2.75) is 13.0 Å². The lowest BCUT2D eigenvalue weighted by Gasteiger charge is -2.23. The van der Waals surface area contributed by atoms with E-state index in [-0.39, 0.29) is 12.8 Å². The summed E-state index contributed by atoms with van der Waals surface area (Å²) in [5, 5.41) is 2.76. The number of amides is 2. The van der Waals surface area contributed by atoms with E-state index in [1.165, 1.54) is 12.1 Å². The topological polar surface area (TPSA) is 63.7 Å². The lowest BCUT2D eigenvalue weighted by molar-refractivity contribution is 0.174. The van der Waals surface area contributed by atoms with Gasteiger partial charge < -0.3 is 19.7 Å². The summed E-state index contributed by atoms with van der Waals surface area (Å²) in [7, 11) is 0. The zero-order valence-corrected chi connectivity index (χ0v) is 15.7. The standard InChI is InChI=1S/C22H20FN3O3/c23-17-4-3-6-19(13-17)25-22(27)26(11-9-18-5-1-2-10-24-18)14-16-7-8-20-21(12-16)29-15-28-20/h1-8,10,12-13H,9,11,14-15H2,(H,25,27). The molecule has 0 saturated carbocycles. The fourth-order valence-electron chi connectivity index (χ4n) is 3.08. The zero-order chi connectivity index (χ0) is 20.1. The van der Waals surface area contributed by atoms with Gasteiger partial charge in [-0.1, -0.05) is 18.2 Å². The summed E-state index contributed by atoms with van der Waals surface area (Å²) in [5.41, 5.74) is 2.20. The summed E-state index contributed by atoms with van der Waals surface area (Å²) in [6, 6.07) is 16.8. The Balaban J connectivity index is 1.50. The highest BCUT2D eigenvalue weighted by molar-refractivity contribution is 5.89. The Morgan fingerprint density at radius 3 is 2.79 bits per heavy atom. The van der Waals surface area contributed by atoms with Crippen LogP contribution in [0.4, 0.5) is 14.9 Å². The smallest absolute Gasteiger partial charge is 0.322 e.